The summed E-state index contributed by atoms with van der Waals surface area (Å²) >= 11 is 0. The van der Waals surface area contributed by atoms with Crippen LogP contribution < -0.4 is 0 Å². The number of aliphatic hydroxyl groups excluding tert-OH is 1. The van der Waals surface area contributed by atoms with Crippen molar-refractivity contribution in [1.82, 2.24) is 0 Å². The molecule has 0 fully saturated rings. The Balaban J connectivity index is 3.57. The van der Waals surface area contributed by atoms with Crippen molar-refractivity contribution in [3.05, 3.63) is 0 Å². The average Bonchev–Trinajstić information content (AvgIpc) is 2.41. The highest BCUT2D eigenvalue weighted by molar-refractivity contribution is 5.78. The summed E-state index contributed by atoms with van der Waals surface area (Å²) in [5.74, 6) is 3.95. The molecule has 0 unspecified atom stereocenters. The lowest BCUT2D eigenvalue weighted by Crippen LogP contribution is -2.09. The van der Waals surface area contributed by atoms with Crippen molar-refractivity contribution < 1.29 is 24.2 Å². The van der Waals surface area contributed by atoms with Gasteiger partial charge < -0.3 is 14.6 Å². The van der Waals surface area contributed by atoms with E-state index in [2.05, 4.69) is 22.7 Å². The second kappa shape index (κ2) is 12.5. The molecule has 0 aromatic heterocycles. The molecule has 104 valence electrons. The highest BCUT2D eigenvalue weighted by Gasteiger charge is 2.08. The molecule has 1 N–H and O–H groups in total. The SMILES string of the molecule is C#CCCC#COC(=O)CCC(=O)OCCCCO. The molecule has 0 atom stereocenters. The second-order valence-corrected chi connectivity index (χ2v) is 3.61. The van der Waals surface area contributed by atoms with E-state index in [4.69, 9.17) is 16.3 Å². The standard InChI is InChI=1S/C14H18O5/c1-2-3-4-6-11-18-13(16)8-9-14(17)19-12-7-5-10-15/h1,15H,3-5,7-10,12H2. The maximum atomic E-state index is 11.2. The van der Waals surface area contributed by atoms with Gasteiger partial charge in [-0.15, -0.1) is 12.3 Å². The Hall–Kier alpha value is -1.98. The van der Waals surface area contributed by atoms with Gasteiger partial charge in [0, 0.05) is 19.4 Å². The fraction of sp³-hybridized carbons (Fsp3) is 0.571. The Morgan fingerprint density at radius 3 is 2.53 bits per heavy atom. The summed E-state index contributed by atoms with van der Waals surface area (Å²) in [5.41, 5.74) is 0. The monoisotopic (exact) mass is 266 g/mol. The van der Waals surface area contributed by atoms with Crippen molar-refractivity contribution in [1.29, 1.82) is 0 Å². The van der Waals surface area contributed by atoms with Crippen LogP contribution >= 0.6 is 0 Å². The van der Waals surface area contributed by atoms with E-state index in [1.54, 1.807) is 0 Å². The fourth-order valence-electron chi connectivity index (χ4n) is 1.01. The van der Waals surface area contributed by atoms with E-state index in [0.29, 0.717) is 25.7 Å². The number of hydrogen-bond donors (Lipinski definition) is 1. The Kier molecular flexibility index (Phi) is 11.2. The van der Waals surface area contributed by atoms with E-state index in [9.17, 15) is 9.59 Å². The maximum Gasteiger partial charge on any atom is 0.320 e. The van der Waals surface area contributed by atoms with Crippen LogP contribution in [0.5, 0.6) is 0 Å². The van der Waals surface area contributed by atoms with Gasteiger partial charge in [0.05, 0.1) is 19.4 Å². The topological polar surface area (TPSA) is 72.8 Å². The van der Waals surface area contributed by atoms with E-state index in [1.165, 1.54) is 0 Å². The zero-order chi connectivity index (χ0) is 14.3. The van der Waals surface area contributed by atoms with Crippen LogP contribution in [-0.4, -0.2) is 30.3 Å². The largest absolute Gasteiger partial charge is 0.466 e. The first kappa shape index (κ1) is 17.0. The Bertz CT molecular complexity index is 370. The average molecular weight is 266 g/mol. The minimum atomic E-state index is -0.569. The highest BCUT2D eigenvalue weighted by atomic mass is 16.5. The summed E-state index contributed by atoms with van der Waals surface area (Å²) in [5, 5.41) is 8.52. The number of esters is 2. The Labute approximate surface area is 113 Å². The third kappa shape index (κ3) is 12.3. The maximum absolute atomic E-state index is 11.2. The summed E-state index contributed by atoms with van der Waals surface area (Å²) in [6.45, 7) is 0.322. The molecule has 0 aliphatic rings. The summed E-state index contributed by atoms with van der Waals surface area (Å²) in [7, 11) is 0. The first-order valence-corrected chi connectivity index (χ1v) is 6.08. The fourth-order valence-corrected chi connectivity index (χ4v) is 1.01. The molecule has 5 heteroatoms. The molecule has 0 spiro atoms. The number of unbranched alkanes of at least 4 members (excludes halogenated alkanes) is 2. The predicted molar refractivity (Wildman–Crippen MR) is 68.4 cm³/mol. The lowest BCUT2D eigenvalue weighted by atomic mass is 10.3. The summed E-state index contributed by atoms with van der Waals surface area (Å²) in [4.78, 5) is 22.3. The lowest BCUT2D eigenvalue weighted by Gasteiger charge is -2.02. The van der Waals surface area contributed by atoms with Gasteiger partial charge in [-0.25, -0.2) is 0 Å². The molecule has 19 heavy (non-hydrogen) atoms. The van der Waals surface area contributed by atoms with Crippen LogP contribution in [0, 0.1) is 24.4 Å². The molecule has 0 rings (SSSR count). The van der Waals surface area contributed by atoms with E-state index in [0.717, 1.165) is 0 Å². The van der Waals surface area contributed by atoms with Crippen molar-refractivity contribution >= 4 is 11.9 Å². The summed E-state index contributed by atoms with van der Waals surface area (Å²) in [6.07, 6.45) is 9.31. The van der Waals surface area contributed by atoms with Gasteiger partial charge in [0.25, 0.3) is 0 Å². The van der Waals surface area contributed by atoms with Gasteiger partial charge in [-0.1, -0.05) is 5.92 Å². The summed E-state index contributed by atoms with van der Waals surface area (Å²) in [6, 6.07) is 0. The quantitative estimate of drug-likeness (QED) is 0.403. The van der Waals surface area contributed by atoms with Crippen molar-refractivity contribution in [2.24, 2.45) is 0 Å². The smallest absolute Gasteiger partial charge is 0.320 e. The van der Waals surface area contributed by atoms with Gasteiger partial charge in [-0.2, -0.15) is 0 Å². The van der Waals surface area contributed by atoms with Crippen LogP contribution in [0.2, 0.25) is 0 Å². The first-order valence-electron chi connectivity index (χ1n) is 6.08. The van der Waals surface area contributed by atoms with E-state index < -0.39 is 11.9 Å². The van der Waals surface area contributed by atoms with E-state index in [-0.39, 0.29) is 26.1 Å². The van der Waals surface area contributed by atoms with Crippen LogP contribution in [0.3, 0.4) is 0 Å². The van der Waals surface area contributed by atoms with Gasteiger partial charge in [0.1, 0.15) is 6.11 Å². The van der Waals surface area contributed by atoms with Crippen molar-refractivity contribution in [3.8, 4) is 24.4 Å². The van der Waals surface area contributed by atoms with Crippen LogP contribution in [0.4, 0.5) is 0 Å². The molecular formula is C14H18O5. The lowest BCUT2D eigenvalue weighted by molar-refractivity contribution is -0.147. The number of carbonyl (C=O) groups is 2. The number of hydrogen-bond acceptors (Lipinski definition) is 5. The van der Waals surface area contributed by atoms with E-state index in [1.807, 2.05) is 0 Å². The molecule has 0 saturated heterocycles. The molecule has 0 bridgehead atoms. The number of aliphatic hydroxyl groups is 1. The number of ether oxygens (including phenoxy) is 2. The minimum Gasteiger partial charge on any atom is -0.466 e. The molecule has 0 radical (unpaired) electrons. The molecule has 0 amide bonds. The van der Waals surface area contributed by atoms with Crippen molar-refractivity contribution in [2.45, 2.75) is 38.5 Å². The van der Waals surface area contributed by atoms with Crippen LogP contribution in [0.25, 0.3) is 0 Å². The highest BCUT2D eigenvalue weighted by Crippen LogP contribution is 1.97. The van der Waals surface area contributed by atoms with Gasteiger partial charge in [-0.05, 0) is 12.8 Å². The van der Waals surface area contributed by atoms with Gasteiger partial charge >= 0.3 is 11.9 Å². The van der Waals surface area contributed by atoms with Gasteiger partial charge in [0.2, 0.25) is 0 Å². The molecule has 0 aromatic carbocycles. The van der Waals surface area contributed by atoms with Gasteiger partial charge in [0.15, 0.2) is 0 Å². The van der Waals surface area contributed by atoms with Gasteiger partial charge in [-0.3, -0.25) is 9.59 Å². The molecule has 0 saturated carbocycles. The number of terminal acetylenes is 1. The third-order valence-electron chi connectivity index (χ3n) is 1.98. The molecule has 0 heterocycles. The second-order valence-electron chi connectivity index (χ2n) is 3.61. The Morgan fingerprint density at radius 1 is 1.11 bits per heavy atom. The minimum absolute atomic E-state index is 0.0377. The zero-order valence-electron chi connectivity index (χ0n) is 10.8. The molecule has 5 nitrogen and oxygen atoms in total. The predicted octanol–water partition coefficient (Wildman–Crippen LogP) is 1.000. The van der Waals surface area contributed by atoms with E-state index >= 15 is 0 Å². The van der Waals surface area contributed by atoms with Crippen molar-refractivity contribution in [2.75, 3.05) is 13.2 Å². The number of rotatable bonds is 8. The normalized spacial score (nSPS) is 8.84. The molecular weight excluding hydrogens is 248 g/mol. The van der Waals surface area contributed by atoms with Crippen LogP contribution in [0.1, 0.15) is 38.5 Å². The zero-order valence-corrected chi connectivity index (χ0v) is 10.8. The summed E-state index contributed by atoms with van der Waals surface area (Å²) < 4.78 is 9.41. The van der Waals surface area contributed by atoms with Crippen LogP contribution in [0.15, 0.2) is 0 Å². The Morgan fingerprint density at radius 2 is 1.84 bits per heavy atom. The third-order valence-corrected chi connectivity index (χ3v) is 1.98. The molecule has 0 aromatic rings. The van der Waals surface area contributed by atoms with Crippen molar-refractivity contribution in [3.63, 3.8) is 0 Å². The molecule has 0 aliphatic heterocycles. The molecule has 0 aliphatic carbocycles. The number of carbonyl (C=O) groups excluding carboxylic acids is 2. The van der Waals surface area contributed by atoms with Crippen LogP contribution in [-0.2, 0) is 19.1 Å². The first-order chi connectivity index (χ1) is 9.20.